The number of hydrogen-bond acceptors (Lipinski definition) is 6. The largest absolute Gasteiger partial charge is 0.369 e. The highest BCUT2D eigenvalue weighted by atomic mass is 16.7. The third-order valence-corrected chi connectivity index (χ3v) is 4.49. The van der Waals surface area contributed by atoms with Crippen molar-refractivity contribution in [1.29, 1.82) is 0 Å². The van der Waals surface area contributed by atoms with Gasteiger partial charge in [0.25, 0.3) is 11.8 Å². The van der Waals surface area contributed by atoms with Gasteiger partial charge in [-0.25, -0.2) is 4.79 Å². The Morgan fingerprint density at radius 1 is 1.16 bits per heavy atom. The number of rotatable bonds is 5. The summed E-state index contributed by atoms with van der Waals surface area (Å²) in [6.45, 7) is 1.66. The number of primary amides is 1. The number of benzene rings is 1. The van der Waals surface area contributed by atoms with Gasteiger partial charge in [0.1, 0.15) is 0 Å². The molecule has 132 valence electrons. The van der Waals surface area contributed by atoms with Gasteiger partial charge in [-0.2, -0.15) is 0 Å². The predicted octanol–water partition coefficient (Wildman–Crippen LogP) is 0.328. The van der Waals surface area contributed by atoms with Crippen molar-refractivity contribution in [3.05, 3.63) is 35.4 Å². The molecule has 1 aromatic carbocycles. The van der Waals surface area contributed by atoms with Crippen LogP contribution in [0, 0.1) is 5.92 Å². The van der Waals surface area contributed by atoms with Crippen LogP contribution in [-0.2, 0) is 14.4 Å². The highest BCUT2D eigenvalue weighted by Gasteiger charge is 2.38. The Bertz CT molecular complexity index is 698. The van der Waals surface area contributed by atoms with Gasteiger partial charge in [-0.05, 0) is 31.5 Å². The lowest BCUT2D eigenvalue weighted by molar-refractivity contribution is -0.168. The Labute approximate surface area is 144 Å². The van der Waals surface area contributed by atoms with E-state index in [4.69, 9.17) is 10.6 Å². The quantitative estimate of drug-likeness (QED) is 0.770. The lowest BCUT2D eigenvalue weighted by atomic mass is 9.97. The SMILES string of the molecule is NC(=O)C1CCCN(CCC(=O)ON2C(=O)c3ccccc3C2=O)C1. The lowest BCUT2D eigenvalue weighted by Gasteiger charge is -2.30. The second-order valence-electron chi connectivity index (χ2n) is 6.21. The number of nitrogens with two attached hydrogens (primary N) is 1. The molecule has 3 rings (SSSR count). The molecule has 0 saturated carbocycles. The number of hydroxylamine groups is 2. The summed E-state index contributed by atoms with van der Waals surface area (Å²) >= 11 is 0. The van der Waals surface area contributed by atoms with E-state index in [9.17, 15) is 19.2 Å². The van der Waals surface area contributed by atoms with Crippen LogP contribution in [0.15, 0.2) is 24.3 Å². The molecule has 0 radical (unpaired) electrons. The number of imide groups is 1. The maximum Gasteiger partial charge on any atom is 0.334 e. The van der Waals surface area contributed by atoms with Crippen LogP contribution in [0.25, 0.3) is 0 Å². The Kier molecular flexibility index (Phi) is 4.80. The summed E-state index contributed by atoms with van der Waals surface area (Å²) in [7, 11) is 0. The predicted molar refractivity (Wildman–Crippen MR) is 86.0 cm³/mol. The summed E-state index contributed by atoms with van der Waals surface area (Å²) < 4.78 is 0. The fourth-order valence-electron chi connectivity index (χ4n) is 3.14. The lowest BCUT2D eigenvalue weighted by Crippen LogP contribution is -2.42. The van der Waals surface area contributed by atoms with Crippen LogP contribution >= 0.6 is 0 Å². The van der Waals surface area contributed by atoms with Gasteiger partial charge in [0, 0.05) is 13.1 Å². The van der Waals surface area contributed by atoms with Crippen molar-refractivity contribution in [2.24, 2.45) is 11.7 Å². The van der Waals surface area contributed by atoms with Gasteiger partial charge < -0.3 is 15.5 Å². The Hall–Kier alpha value is -2.74. The highest BCUT2D eigenvalue weighted by molar-refractivity contribution is 6.20. The first kappa shape index (κ1) is 17.1. The smallest absolute Gasteiger partial charge is 0.334 e. The standard InChI is InChI=1S/C17H19N3O5/c18-15(22)11-4-3-8-19(10-11)9-7-14(21)25-20-16(23)12-5-1-2-6-13(12)17(20)24/h1-2,5-6,11H,3-4,7-10H2,(H2,18,22). The number of likely N-dealkylation sites (tertiary alicyclic amines) is 1. The zero-order valence-corrected chi connectivity index (χ0v) is 13.6. The van der Waals surface area contributed by atoms with E-state index in [0.717, 1.165) is 19.4 Å². The molecule has 1 aromatic rings. The second-order valence-corrected chi connectivity index (χ2v) is 6.21. The van der Waals surface area contributed by atoms with Crippen molar-refractivity contribution >= 4 is 23.7 Å². The van der Waals surface area contributed by atoms with E-state index < -0.39 is 17.8 Å². The molecular formula is C17H19N3O5. The van der Waals surface area contributed by atoms with Gasteiger partial charge >= 0.3 is 5.97 Å². The van der Waals surface area contributed by atoms with Gasteiger partial charge in [0.2, 0.25) is 5.91 Å². The fraction of sp³-hybridized carbons (Fsp3) is 0.412. The first-order valence-electron chi connectivity index (χ1n) is 8.17. The first-order valence-corrected chi connectivity index (χ1v) is 8.17. The topological polar surface area (TPSA) is 110 Å². The van der Waals surface area contributed by atoms with Crippen molar-refractivity contribution < 1.29 is 24.0 Å². The third-order valence-electron chi connectivity index (χ3n) is 4.49. The van der Waals surface area contributed by atoms with Crippen molar-refractivity contribution in [1.82, 2.24) is 9.96 Å². The Morgan fingerprint density at radius 2 is 1.80 bits per heavy atom. The normalized spacial score (nSPS) is 20.5. The van der Waals surface area contributed by atoms with Gasteiger partial charge in [-0.1, -0.05) is 17.2 Å². The average Bonchev–Trinajstić information content (AvgIpc) is 2.85. The van der Waals surface area contributed by atoms with E-state index in [1.165, 1.54) is 12.1 Å². The number of hydrogen-bond donors (Lipinski definition) is 1. The molecule has 1 atom stereocenters. The van der Waals surface area contributed by atoms with E-state index in [2.05, 4.69) is 0 Å². The molecule has 0 aliphatic carbocycles. The van der Waals surface area contributed by atoms with Gasteiger partial charge in [-0.3, -0.25) is 14.4 Å². The molecule has 8 nitrogen and oxygen atoms in total. The second kappa shape index (κ2) is 7.02. The number of amides is 3. The van der Waals surface area contributed by atoms with E-state index in [-0.39, 0.29) is 29.4 Å². The van der Waals surface area contributed by atoms with Gasteiger partial charge in [0.15, 0.2) is 0 Å². The molecule has 1 saturated heterocycles. The monoisotopic (exact) mass is 345 g/mol. The summed E-state index contributed by atoms with van der Waals surface area (Å²) in [6, 6.07) is 6.31. The molecule has 2 aliphatic rings. The summed E-state index contributed by atoms with van der Waals surface area (Å²) in [5, 5.41) is 0.509. The van der Waals surface area contributed by atoms with E-state index in [0.29, 0.717) is 18.2 Å². The highest BCUT2D eigenvalue weighted by Crippen LogP contribution is 2.23. The summed E-state index contributed by atoms with van der Waals surface area (Å²) in [5.41, 5.74) is 5.77. The Balaban J connectivity index is 1.53. The van der Waals surface area contributed by atoms with Crippen LogP contribution in [-0.4, -0.2) is 53.3 Å². The minimum atomic E-state index is -0.671. The van der Waals surface area contributed by atoms with Crippen molar-refractivity contribution in [2.45, 2.75) is 19.3 Å². The maximum absolute atomic E-state index is 12.1. The molecule has 2 heterocycles. The maximum atomic E-state index is 12.1. The fourth-order valence-corrected chi connectivity index (χ4v) is 3.14. The third kappa shape index (κ3) is 3.53. The summed E-state index contributed by atoms with van der Waals surface area (Å²) in [5.74, 6) is -2.49. The van der Waals surface area contributed by atoms with E-state index in [1.54, 1.807) is 12.1 Å². The van der Waals surface area contributed by atoms with Crippen molar-refractivity contribution in [3.8, 4) is 0 Å². The van der Waals surface area contributed by atoms with Crippen LogP contribution in [0.3, 0.4) is 0 Å². The molecule has 0 spiro atoms. The summed E-state index contributed by atoms with van der Waals surface area (Å²) in [4.78, 5) is 54.5. The van der Waals surface area contributed by atoms with Gasteiger partial charge in [0.05, 0.1) is 23.5 Å². The van der Waals surface area contributed by atoms with E-state index in [1.807, 2.05) is 4.90 Å². The molecular weight excluding hydrogens is 326 g/mol. The molecule has 0 aromatic heterocycles. The van der Waals surface area contributed by atoms with Crippen LogP contribution < -0.4 is 5.73 Å². The Morgan fingerprint density at radius 3 is 2.40 bits per heavy atom. The minimum Gasteiger partial charge on any atom is -0.369 e. The molecule has 25 heavy (non-hydrogen) atoms. The van der Waals surface area contributed by atoms with Crippen molar-refractivity contribution in [2.75, 3.05) is 19.6 Å². The molecule has 2 N–H and O–H groups in total. The van der Waals surface area contributed by atoms with Crippen LogP contribution in [0.4, 0.5) is 0 Å². The van der Waals surface area contributed by atoms with Crippen LogP contribution in [0.5, 0.6) is 0 Å². The molecule has 8 heteroatoms. The first-order chi connectivity index (χ1) is 12.0. The van der Waals surface area contributed by atoms with Gasteiger partial charge in [-0.15, -0.1) is 0 Å². The zero-order chi connectivity index (χ0) is 18.0. The average molecular weight is 345 g/mol. The van der Waals surface area contributed by atoms with E-state index >= 15 is 0 Å². The number of carbonyl (C=O) groups is 4. The van der Waals surface area contributed by atoms with Crippen LogP contribution in [0.1, 0.15) is 40.0 Å². The minimum absolute atomic E-state index is 0.0128. The molecule has 2 aliphatic heterocycles. The number of nitrogens with zero attached hydrogens (tertiary/aromatic N) is 2. The molecule has 1 fully saturated rings. The number of carbonyl (C=O) groups excluding carboxylic acids is 4. The molecule has 3 amide bonds. The summed E-state index contributed by atoms with van der Waals surface area (Å²) in [6.07, 6.45) is 1.60. The number of fused-ring (bicyclic) bond motifs is 1. The molecule has 1 unspecified atom stereocenters. The molecule has 0 bridgehead atoms. The van der Waals surface area contributed by atoms with Crippen molar-refractivity contribution in [3.63, 3.8) is 0 Å². The number of piperidine rings is 1. The van der Waals surface area contributed by atoms with Crippen LogP contribution in [0.2, 0.25) is 0 Å². The zero-order valence-electron chi connectivity index (χ0n) is 13.6.